The fourth-order valence-electron chi connectivity index (χ4n) is 2.50. The lowest BCUT2D eigenvalue weighted by Gasteiger charge is -2.21. The quantitative estimate of drug-likeness (QED) is 0.685. The molecule has 0 unspecified atom stereocenters. The molecule has 0 atom stereocenters. The number of carbonyl (C=O) groups is 1. The molecule has 0 fully saturated rings. The maximum Gasteiger partial charge on any atom is 0.251 e. The van der Waals surface area contributed by atoms with E-state index < -0.39 is 10.0 Å². The van der Waals surface area contributed by atoms with E-state index in [-0.39, 0.29) is 16.8 Å². The number of rotatable bonds is 6. The summed E-state index contributed by atoms with van der Waals surface area (Å²) in [5, 5.41) is 3.61. The Kier molecular flexibility index (Phi) is 5.59. The van der Waals surface area contributed by atoms with Crippen molar-refractivity contribution in [1.29, 1.82) is 0 Å². The molecule has 0 aliphatic heterocycles. The highest BCUT2D eigenvalue weighted by molar-refractivity contribution is 7.89. The molecule has 1 aromatic heterocycles. The average molecular weight is 404 g/mol. The van der Waals surface area contributed by atoms with E-state index in [4.69, 9.17) is 0 Å². The Balaban J connectivity index is 1.75. The first kappa shape index (κ1) is 19.5. The number of hydrogen-bond donors (Lipinski definition) is 1. The number of aromatic nitrogens is 1. The molecule has 1 heterocycles. The lowest BCUT2D eigenvalue weighted by molar-refractivity contribution is 0.0950. The molecule has 1 amide bonds. The maximum absolute atomic E-state index is 12.6. The second-order valence-electron chi connectivity index (χ2n) is 6.40. The van der Waals surface area contributed by atoms with E-state index in [1.165, 1.54) is 34.8 Å². The molecular formula is C19H21N3O3S2. The smallest absolute Gasteiger partial charge is 0.251 e. The van der Waals surface area contributed by atoms with Crippen molar-refractivity contribution in [2.24, 2.45) is 0 Å². The molecule has 0 bridgehead atoms. The van der Waals surface area contributed by atoms with Crippen molar-refractivity contribution in [3.8, 4) is 0 Å². The molecule has 27 heavy (non-hydrogen) atoms. The Morgan fingerprint density at radius 1 is 1.19 bits per heavy atom. The van der Waals surface area contributed by atoms with Crippen LogP contribution in [-0.2, 0) is 16.6 Å². The fraction of sp³-hybridized carbons (Fsp3) is 0.263. The number of nitrogens with zero attached hydrogens (tertiary/aromatic N) is 2. The zero-order chi connectivity index (χ0) is 19.6. The molecule has 8 heteroatoms. The number of benzene rings is 2. The van der Waals surface area contributed by atoms with Gasteiger partial charge in [0.25, 0.3) is 5.91 Å². The van der Waals surface area contributed by atoms with Gasteiger partial charge in [0.1, 0.15) is 5.01 Å². The molecule has 0 radical (unpaired) electrons. The third kappa shape index (κ3) is 4.18. The third-order valence-corrected chi connectivity index (χ3v) is 7.30. The molecule has 0 saturated heterocycles. The number of amides is 1. The van der Waals surface area contributed by atoms with Gasteiger partial charge in [0, 0.05) is 18.7 Å². The normalized spacial score (nSPS) is 12.0. The fourth-order valence-corrected chi connectivity index (χ4v) is 4.82. The van der Waals surface area contributed by atoms with E-state index in [9.17, 15) is 13.2 Å². The van der Waals surface area contributed by atoms with Gasteiger partial charge in [-0.3, -0.25) is 4.79 Å². The van der Waals surface area contributed by atoms with Gasteiger partial charge in [-0.1, -0.05) is 18.2 Å². The first-order valence-corrected chi connectivity index (χ1v) is 10.8. The predicted octanol–water partition coefficient (Wildman–Crippen LogP) is 3.26. The van der Waals surface area contributed by atoms with Crippen LogP contribution < -0.4 is 5.32 Å². The monoisotopic (exact) mass is 403 g/mol. The Bertz CT molecular complexity index is 1040. The summed E-state index contributed by atoms with van der Waals surface area (Å²) in [5.41, 5.74) is 1.20. The highest BCUT2D eigenvalue weighted by Crippen LogP contribution is 2.22. The van der Waals surface area contributed by atoms with Gasteiger partial charge >= 0.3 is 0 Å². The van der Waals surface area contributed by atoms with Gasteiger partial charge < -0.3 is 5.32 Å². The van der Waals surface area contributed by atoms with Crippen molar-refractivity contribution in [1.82, 2.24) is 14.6 Å². The van der Waals surface area contributed by atoms with Crippen molar-refractivity contribution in [2.45, 2.75) is 31.3 Å². The van der Waals surface area contributed by atoms with Gasteiger partial charge in [-0.05, 0) is 44.2 Å². The Hall–Kier alpha value is -2.29. The van der Waals surface area contributed by atoms with E-state index in [2.05, 4.69) is 10.3 Å². The van der Waals surface area contributed by atoms with Crippen LogP contribution in [0.25, 0.3) is 10.2 Å². The van der Waals surface area contributed by atoms with Crippen LogP contribution in [0.3, 0.4) is 0 Å². The second kappa shape index (κ2) is 7.75. The van der Waals surface area contributed by atoms with Crippen molar-refractivity contribution < 1.29 is 13.2 Å². The molecule has 3 rings (SSSR count). The molecule has 0 spiro atoms. The summed E-state index contributed by atoms with van der Waals surface area (Å²) in [5.74, 6) is -0.335. The number of para-hydroxylation sites is 1. The minimum atomic E-state index is -3.64. The summed E-state index contributed by atoms with van der Waals surface area (Å²) >= 11 is 1.52. The van der Waals surface area contributed by atoms with Gasteiger partial charge in [-0.25, -0.2) is 13.4 Å². The van der Waals surface area contributed by atoms with Crippen molar-refractivity contribution >= 4 is 37.5 Å². The van der Waals surface area contributed by atoms with E-state index in [0.717, 1.165) is 15.2 Å². The Labute approximate surface area is 162 Å². The van der Waals surface area contributed by atoms with Crippen LogP contribution in [0.4, 0.5) is 0 Å². The van der Waals surface area contributed by atoms with E-state index in [1.54, 1.807) is 26.0 Å². The van der Waals surface area contributed by atoms with Gasteiger partial charge in [-0.2, -0.15) is 4.31 Å². The van der Waals surface area contributed by atoms with Crippen LogP contribution in [0.1, 0.15) is 29.2 Å². The SMILES string of the molecule is CC(C)N(C)S(=O)(=O)c1cccc(C(=O)NCc2nc3ccccc3s2)c1. The third-order valence-electron chi connectivity index (χ3n) is 4.24. The summed E-state index contributed by atoms with van der Waals surface area (Å²) in [7, 11) is -2.11. The van der Waals surface area contributed by atoms with Crippen molar-refractivity contribution in [3.63, 3.8) is 0 Å². The zero-order valence-electron chi connectivity index (χ0n) is 15.3. The van der Waals surface area contributed by atoms with Crippen LogP contribution in [0, 0.1) is 0 Å². The van der Waals surface area contributed by atoms with Crippen LogP contribution in [0.5, 0.6) is 0 Å². The Morgan fingerprint density at radius 3 is 2.63 bits per heavy atom. The number of carbonyl (C=O) groups excluding carboxylic acids is 1. The van der Waals surface area contributed by atoms with E-state index >= 15 is 0 Å². The number of sulfonamides is 1. The van der Waals surface area contributed by atoms with Crippen molar-refractivity contribution in [2.75, 3.05) is 7.05 Å². The number of hydrogen-bond acceptors (Lipinski definition) is 5. The van der Waals surface area contributed by atoms with Crippen LogP contribution in [-0.4, -0.2) is 36.7 Å². The molecule has 1 N–H and O–H groups in total. The zero-order valence-corrected chi connectivity index (χ0v) is 17.0. The molecule has 142 valence electrons. The van der Waals surface area contributed by atoms with Crippen LogP contribution in [0.2, 0.25) is 0 Å². The highest BCUT2D eigenvalue weighted by Gasteiger charge is 2.23. The summed E-state index contributed by atoms with van der Waals surface area (Å²) in [6, 6.07) is 13.7. The Morgan fingerprint density at radius 2 is 1.93 bits per heavy atom. The van der Waals surface area contributed by atoms with Gasteiger partial charge in [0.2, 0.25) is 10.0 Å². The minimum Gasteiger partial charge on any atom is -0.346 e. The van der Waals surface area contributed by atoms with Gasteiger partial charge in [-0.15, -0.1) is 11.3 Å². The second-order valence-corrected chi connectivity index (χ2v) is 9.51. The first-order valence-electron chi connectivity index (χ1n) is 8.50. The topological polar surface area (TPSA) is 79.4 Å². The number of nitrogens with one attached hydrogen (secondary N) is 1. The molecular weight excluding hydrogens is 382 g/mol. The van der Waals surface area contributed by atoms with E-state index in [0.29, 0.717) is 12.1 Å². The molecule has 0 saturated carbocycles. The minimum absolute atomic E-state index is 0.103. The predicted molar refractivity (Wildman–Crippen MR) is 107 cm³/mol. The van der Waals surface area contributed by atoms with Crippen LogP contribution in [0.15, 0.2) is 53.4 Å². The molecule has 0 aliphatic carbocycles. The maximum atomic E-state index is 12.6. The summed E-state index contributed by atoms with van der Waals surface area (Å²) in [6.45, 7) is 3.89. The molecule has 3 aromatic rings. The summed E-state index contributed by atoms with van der Waals surface area (Å²) in [6.07, 6.45) is 0. The standard InChI is InChI=1S/C19H21N3O3S2/c1-13(2)22(3)27(24,25)15-8-6-7-14(11-15)19(23)20-12-18-21-16-9-4-5-10-17(16)26-18/h4-11,13H,12H2,1-3H3,(H,20,23). The summed E-state index contributed by atoms with van der Waals surface area (Å²) < 4.78 is 27.6. The first-order chi connectivity index (χ1) is 12.8. The summed E-state index contributed by atoms with van der Waals surface area (Å²) in [4.78, 5) is 17.1. The molecule has 6 nitrogen and oxygen atoms in total. The van der Waals surface area contributed by atoms with Gasteiger partial charge in [0.05, 0.1) is 21.7 Å². The van der Waals surface area contributed by atoms with Gasteiger partial charge in [0.15, 0.2) is 0 Å². The lowest BCUT2D eigenvalue weighted by atomic mass is 10.2. The largest absolute Gasteiger partial charge is 0.346 e. The number of thiazole rings is 1. The average Bonchev–Trinajstić information content (AvgIpc) is 3.08. The highest BCUT2D eigenvalue weighted by atomic mass is 32.2. The lowest BCUT2D eigenvalue weighted by Crippen LogP contribution is -2.33. The van der Waals surface area contributed by atoms with E-state index in [1.807, 2.05) is 24.3 Å². The van der Waals surface area contributed by atoms with Crippen LogP contribution >= 0.6 is 11.3 Å². The van der Waals surface area contributed by atoms with Crippen molar-refractivity contribution in [3.05, 3.63) is 59.1 Å². The molecule has 0 aliphatic rings. The number of fused-ring (bicyclic) bond motifs is 1. The molecule has 2 aromatic carbocycles.